The maximum atomic E-state index is 13.5. The van der Waals surface area contributed by atoms with Crippen molar-refractivity contribution >= 4 is 33.2 Å². The maximum absolute atomic E-state index is 13.5. The summed E-state index contributed by atoms with van der Waals surface area (Å²) in [5.74, 6) is -0.131. The van der Waals surface area contributed by atoms with Gasteiger partial charge in [0.2, 0.25) is 10.0 Å². The van der Waals surface area contributed by atoms with Crippen LogP contribution in [0.2, 0.25) is 5.02 Å². The van der Waals surface area contributed by atoms with Crippen LogP contribution in [-0.4, -0.2) is 53.6 Å². The fraction of sp³-hybridized carbons (Fsp3) is 0.333. The van der Waals surface area contributed by atoms with Crippen LogP contribution in [0.25, 0.3) is 5.65 Å². The molecule has 0 N–H and O–H groups in total. The van der Waals surface area contributed by atoms with Crippen LogP contribution in [0.1, 0.15) is 34.2 Å². The van der Waals surface area contributed by atoms with E-state index in [1.165, 1.54) is 18.4 Å². The first kappa shape index (κ1) is 20.8. The fourth-order valence-corrected chi connectivity index (χ4v) is 5.23. The first-order valence-corrected chi connectivity index (χ1v) is 11.5. The number of amides is 1. The van der Waals surface area contributed by atoms with Crippen LogP contribution in [-0.2, 0) is 29.4 Å². The van der Waals surface area contributed by atoms with Crippen LogP contribution in [0.3, 0.4) is 0 Å². The highest BCUT2D eigenvalue weighted by atomic mass is 35.5. The normalized spacial score (nSPS) is 14.4. The van der Waals surface area contributed by atoms with Gasteiger partial charge in [-0.25, -0.2) is 17.7 Å². The molecule has 30 heavy (non-hydrogen) atoms. The van der Waals surface area contributed by atoms with Crippen LogP contribution >= 0.6 is 11.6 Å². The minimum Gasteiger partial charge on any atom is -0.333 e. The third kappa shape index (κ3) is 3.38. The lowest BCUT2D eigenvalue weighted by molar-refractivity contribution is 0.0725. The van der Waals surface area contributed by atoms with Crippen molar-refractivity contribution in [3.05, 3.63) is 64.1 Å². The molecule has 0 unspecified atom stereocenters. The molecule has 0 spiro atoms. The molecule has 1 amide bonds. The van der Waals surface area contributed by atoms with E-state index in [-0.39, 0.29) is 5.91 Å². The van der Waals surface area contributed by atoms with Gasteiger partial charge < -0.3 is 4.90 Å². The second-order valence-corrected chi connectivity index (χ2v) is 10.1. The van der Waals surface area contributed by atoms with E-state index in [1.807, 2.05) is 13.0 Å². The van der Waals surface area contributed by atoms with Crippen LogP contribution in [0.4, 0.5) is 0 Å². The van der Waals surface area contributed by atoms with Crippen molar-refractivity contribution in [2.45, 2.75) is 31.2 Å². The summed E-state index contributed by atoms with van der Waals surface area (Å²) in [5, 5.41) is 0.527. The van der Waals surface area contributed by atoms with E-state index in [2.05, 4.69) is 4.98 Å². The van der Waals surface area contributed by atoms with Gasteiger partial charge in [-0.15, -0.1) is 0 Å². The standard InChI is InChI=1S/C21H23ClN4O3S/c1-4-17-20(26-13-15(22)8-9-19(26)23-17)21(27)25-11-10-16-14(12-25)6-5-7-18(16)30(28,29)24(2)3/h5-9,13H,4,10-12H2,1-3H3. The third-order valence-corrected chi connectivity index (χ3v) is 7.58. The second kappa shape index (κ2) is 7.68. The van der Waals surface area contributed by atoms with E-state index < -0.39 is 10.0 Å². The van der Waals surface area contributed by atoms with Gasteiger partial charge in [-0.2, -0.15) is 0 Å². The number of carbonyl (C=O) groups is 1. The summed E-state index contributed by atoms with van der Waals surface area (Å²) in [7, 11) is -0.496. The van der Waals surface area contributed by atoms with Gasteiger partial charge in [-0.1, -0.05) is 30.7 Å². The molecule has 3 heterocycles. The SMILES string of the molecule is CCc1nc2ccc(Cl)cn2c1C(=O)N1CCc2c(cccc2S(=O)(=O)N(C)C)C1. The lowest BCUT2D eigenvalue weighted by Crippen LogP contribution is -2.38. The Hall–Kier alpha value is -2.42. The summed E-state index contributed by atoms with van der Waals surface area (Å²) in [4.78, 5) is 20.1. The average molecular weight is 447 g/mol. The van der Waals surface area contributed by atoms with E-state index in [0.717, 1.165) is 16.8 Å². The highest BCUT2D eigenvalue weighted by molar-refractivity contribution is 7.89. The summed E-state index contributed by atoms with van der Waals surface area (Å²) in [6, 6.07) is 8.79. The molecule has 0 fully saturated rings. The molecule has 2 aromatic heterocycles. The number of fused-ring (bicyclic) bond motifs is 2. The predicted octanol–water partition coefficient (Wildman–Crippen LogP) is 3.00. The molecule has 0 atom stereocenters. The highest BCUT2D eigenvalue weighted by Crippen LogP contribution is 2.29. The van der Waals surface area contributed by atoms with Gasteiger partial charge in [0.1, 0.15) is 11.3 Å². The molecule has 158 valence electrons. The minimum atomic E-state index is -3.54. The van der Waals surface area contributed by atoms with Crippen molar-refractivity contribution in [1.82, 2.24) is 18.6 Å². The summed E-state index contributed by atoms with van der Waals surface area (Å²) >= 11 is 6.15. The maximum Gasteiger partial charge on any atom is 0.273 e. The molecule has 4 rings (SSSR count). The number of sulfonamides is 1. The average Bonchev–Trinajstić information content (AvgIpc) is 3.09. The molecular formula is C21H23ClN4O3S. The van der Waals surface area contributed by atoms with Crippen molar-refractivity contribution < 1.29 is 13.2 Å². The first-order chi connectivity index (χ1) is 14.2. The second-order valence-electron chi connectivity index (χ2n) is 7.49. The Morgan fingerprint density at radius 1 is 1.23 bits per heavy atom. The molecule has 9 heteroatoms. The number of rotatable bonds is 4. The van der Waals surface area contributed by atoms with Crippen LogP contribution < -0.4 is 0 Å². The summed E-state index contributed by atoms with van der Waals surface area (Å²) < 4.78 is 28.3. The van der Waals surface area contributed by atoms with E-state index in [1.54, 1.807) is 39.8 Å². The predicted molar refractivity (Wildman–Crippen MR) is 115 cm³/mol. The van der Waals surface area contributed by atoms with Crippen LogP contribution in [0, 0.1) is 0 Å². The van der Waals surface area contributed by atoms with Gasteiger partial charge >= 0.3 is 0 Å². The zero-order valence-electron chi connectivity index (χ0n) is 17.1. The van der Waals surface area contributed by atoms with E-state index in [0.29, 0.717) is 47.2 Å². The quantitative estimate of drug-likeness (QED) is 0.617. The topological polar surface area (TPSA) is 75.0 Å². The zero-order valence-corrected chi connectivity index (χ0v) is 18.7. The lowest BCUT2D eigenvalue weighted by atomic mass is 9.99. The Labute approximate surface area is 180 Å². The van der Waals surface area contributed by atoms with Crippen LogP contribution in [0.15, 0.2) is 41.4 Å². The largest absolute Gasteiger partial charge is 0.333 e. The Bertz CT molecular complexity index is 1250. The van der Waals surface area contributed by atoms with Crippen molar-refractivity contribution in [2.75, 3.05) is 20.6 Å². The number of aryl methyl sites for hydroxylation is 1. The lowest BCUT2D eigenvalue weighted by Gasteiger charge is -2.30. The molecule has 7 nitrogen and oxygen atoms in total. The van der Waals surface area contributed by atoms with Gasteiger partial charge in [-0.05, 0) is 42.2 Å². The van der Waals surface area contributed by atoms with E-state index in [9.17, 15) is 13.2 Å². The fourth-order valence-electron chi connectivity index (χ4n) is 3.88. The smallest absolute Gasteiger partial charge is 0.273 e. The third-order valence-electron chi connectivity index (χ3n) is 5.46. The molecule has 0 bridgehead atoms. The number of benzene rings is 1. The monoisotopic (exact) mass is 446 g/mol. The van der Waals surface area contributed by atoms with E-state index >= 15 is 0 Å². The minimum absolute atomic E-state index is 0.131. The number of hydrogen-bond donors (Lipinski definition) is 0. The van der Waals surface area contributed by atoms with Gasteiger partial charge in [-0.3, -0.25) is 9.20 Å². The molecule has 1 aliphatic rings. The van der Waals surface area contributed by atoms with Gasteiger partial charge in [0, 0.05) is 33.4 Å². The number of pyridine rings is 1. The molecule has 0 saturated heterocycles. The molecule has 0 aliphatic carbocycles. The molecule has 0 radical (unpaired) electrons. The number of hydrogen-bond acceptors (Lipinski definition) is 4. The molecule has 1 aliphatic heterocycles. The summed E-state index contributed by atoms with van der Waals surface area (Å²) in [6.45, 7) is 2.74. The van der Waals surface area contributed by atoms with Gasteiger partial charge in [0.05, 0.1) is 15.6 Å². The molecule has 1 aromatic carbocycles. The Balaban J connectivity index is 1.72. The van der Waals surface area contributed by atoms with Gasteiger partial charge in [0.15, 0.2) is 0 Å². The molecular weight excluding hydrogens is 424 g/mol. The number of aromatic nitrogens is 2. The molecule has 0 saturated carbocycles. The van der Waals surface area contributed by atoms with Crippen molar-refractivity contribution in [3.63, 3.8) is 0 Å². The van der Waals surface area contributed by atoms with Gasteiger partial charge in [0.25, 0.3) is 5.91 Å². The van der Waals surface area contributed by atoms with Crippen molar-refractivity contribution in [3.8, 4) is 0 Å². The molecule has 3 aromatic rings. The number of imidazole rings is 1. The van der Waals surface area contributed by atoms with Crippen molar-refractivity contribution in [2.24, 2.45) is 0 Å². The van der Waals surface area contributed by atoms with Crippen LogP contribution in [0.5, 0.6) is 0 Å². The zero-order chi connectivity index (χ0) is 21.6. The van der Waals surface area contributed by atoms with E-state index in [4.69, 9.17) is 11.6 Å². The number of carbonyl (C=O) groups excluding carboxylic acids is 1. The Morgan fingerprint density at radius 3 is 2.70 bits per heavy atom. The Kier molecular flexibility index (Phi) is 5.34. The van der Waals surface area contributed by atoms with Crippen molar-refractivity contribution in [1.29, 1.82) is 0 Å². The number of nitrogens with zero attached hydrogens (tertiary/aromatic N) is 4. The summed E-state index contributed by atoms with van der Waals surface area (Å²) in [6.07, 6.45) is 2.80. The summed E-state index contributed by atoms with van der Waals surface area (Å²) in [5.41, 5.74) is 3.54. The Morgan fingerprint density at radius 2 is 2.00 bits per heavy atom. The first-order valence-electron chi connectivity index (χ1n) is 9.73. The highest BCUT2D eigenvalue weighted by Gasteiger charge is 2.30. The number of halogens is 1.